The largest absolute Gasteiger partial charge is 0.489 e. The molecule has 3 aromatic rings. The number of likely N-dealkylation sites (N-methyl/N-ethyl adjacent to an activating group) is 1. The number of fused-ring (bicyclic) bond motifs is 1. The van der Waals surface area contributed by atoms with E-state index in [0.717, 1.165) is 28.6 Å². The van der Waals surface area contributed by atoms with Gasteiger partial charge in [0.25, 0.3) is 5.91 Å². The van der Waals surface area contributed by atoms with Crippen LogP contribution in [0.1, 0.15) is 10.5 Å². The lowest BCUT2D eigenvalue weighted by molar-refractivity contribution is 0.102. The quantitative estimate of drug-likeness (QED) is 0.778. The van der Waals surface area contributed by atoms with Crippen LogP contribution >= 0.6 is 11.3 Å². The Labute approximate surface area is 149 Å². The molecule has 25 heavy (non-hydrogen) atoms. The van der Waals surface area contributed by atoms with Gasteiger partial charge in [-0.1, -0.05) is 30.3 Å². The average Bonchev–Trinajstić information content (AvgIpc) is 3.13. The van der Waals surface area contributed by atoms with Crippen molar-refractivity contribution in [3.05, 3.63) is 59.6 Å². The molecule has 0 unspecified atom stereocenters. The van der Waals surface area contributed by atoms with Crippen molar-refractivity contribution >= 4 is 28.6 Å². The lowest BCUT2D eigenvalue weighted by Crippen LogP contribution is -2.28. The Morgan fingerprint density at radius 1 is 1.24 bits per heavy atom. The second kappa shape index (κ2) is 6.57. The number of anilines is 2. The van der Waals surface area contributed by atoms with Gasteiger partial charge in [-0.2, -0.15) is 0 Å². The van der Waals surface area contributed by atoms with E-state index in [1.54, 1.807) is 5.38 Å². The molecule has 126 valence electrons. The van der Waals surface area contributed by atoms with Crippen molar-refractivity contribution in [2.24, 2.45) is 0 Å². The monoisotopic (exact) mass is 351 g/mol. The molecule has 6 heteroatoms. The number of carbonyl (C=O) groups excluding carboxylic acids is 1. The van der Waals surface area contributed by atoms with E-state index in [1.165, 1.54) is 11.3 Å². The zero-order valence-electron chi connectivity index (χ0n) is 13.7. The van der Waals surface area contributed by atoms with Gasteiger partial charge in [0.05, 0.1) is 12.2 Å². The van der Waals surface area contributed by atoms with Crippen molar-refractivity contribution in [1.29, 1.82) is 0 Å². The van der Waals surface area contributed by atoms with E-state index in [0.29, 0.717) is 18.0 Å². The summed E-state index contributed by atoms with van der Waals surface area (Å²) in [6, 6.07) is 15.5. The van der Waals surface area contributed by atoms with Crippen molar-refractivity contribution in [3.63, 3.8) is 0 Å². The molecule has 0 spiro atoms. The number of hydrogen-bond donors (Lipinski definition) is 1. The van der Waals surface area contributed by atoms with Gasteiger partial charge in [-0.3, -0.25) is 4.79 Å². The third kappa shape index (κ3) is 3.21. The first kappa shape index (κ1) is 15.7. The molecule has 0 bridgehead atoms. The van der Waals surface area contributed by atoms with Crippen molar-refractivity contribution in [2.75, 3.05) is 30.4 Å². The summed E-state index contributed by atoms with van der Waals surface area (Å²) < 4.78 is 5.68. The highest BCUT2D eigenvalue weighted by atomic mass is 32.1. The summed E-state index contributed by atoms with van der Waals surface area (Å²) in [4.78, 5) is 19.1. The maximum atomic E-state index is 12.5. The van der Waals surface area contributed by atoms with Crippen molar-refractivity contribution in [2.45, 2.75) is 0 Å². The minimum absolute atomic E-state index is 0.220. The van der Waals surface area contributed by atoms with Gasteiger partial charge in [0.1, 0.15) is 23.1 Å². The third-order valence-electron chi connectivity index (χ3n) is 4.07. The predicted octanol–water partition coefficient (Wildman–Crippen LogP) is 3.89. The van der Waals surface area contributed by atoms with Crippen LogP contribution in [0.2, 0.25) is 0 Å². The molecule has 0 saturated heterocycles. The number of hydrogen-bond acceptors (Lipinski definition) is 5. The van der Waals surface area contributed by atoms with Gasteiger partial charge < -0.3 is 15.0 Å². The van der Waals surface area contributed by atoms with Crippen LogP contribution in [0, 0.1) is 0 Å². The number of carbonyl (C=O) groups is 1. The van der Waals surface area contributed by atoms with Crippen LogP contribution in [0.5, 0.6) is 5.75 Å². The first-order chi connectivity index (χ1) is 12.2. The Balaban J connectivity index is 1.52. The zero-order valence-corrected chi connectivity index (χ0v) is 14.5. The van der Waals surface area contributed by atoms with Crippen LogP contribution in [0.15, 0.2) is 53.9 Å². The van der Waals surface area contributed by atoms with Gasteiger partial charge in [-0.05, 0) is 12.1 Å². The SMILES string of the molecule is CN1CCOc2cc(NC(=O)c3csc(-c4ccccc4)n3)ccc21. The van der Waals surface area contributed by atoms with E-state index >= 15 is 0 Å². The van der Waals surface area contributed by atoms with Crippen LogP contribution in [-0.2, 0) is 0 Å². The Hall–Kier alpha value is -2.86. The van der Waals surface area contributed by atoms with Gasteiger partial charge >= 0.3 is 0 Å². The van der Waals surface area contributed by atoms with Crippen molar-refractivity contribution in [3.8, 4) is 16.3 Å². The molecule has 1 aliphatic heterocycles. The number of thiazole rings is 1. The van der Waals surface area contributed by atoms with Crippen LogP contribution < -0.4 is 15.0 Å². The van der Waals surface area contributed by atoms with E-state index in [4.69, 9.17) is 4.74 Å². The molecule has 2 aromatic carbocycles. The highest BCUT2D eigenvalue weighted by Crippen LogP contribution is 2.33. The Kier molecular flexibility index (Phi) is 4.11. The second-order valence-corrected chi connectivity index (χ2v) is 6.67. The molecule has 0 atom stereocenters. The van der Waals surface area contributed by atoms with Crippen LogP contribution in [0.25, 0.3) is 10.6 Å². The Bertz CT molecular complexity index is 908. The highest BCUT2D eigenvalue weighted by molar-refractivity contribution is 7.13. The summed E-state index contributed by atoms with van der Waals surface area (Å²) >= 11 is 1.46. The molecule has 2 heterocycles. The Morgan fingerprint density at radius 3 is 2.92 bits per heavy atom. The molecule has 1 aromatic heterocycles. The average molecular weight is 351 g/mol. The summed E-state index contributed by atoms with van der Waals surface area (Å²) in [5, 5.41) is 5.51. The van der Waals surface area contributed by atoms with Gasteiger partial charge in [-0.15, -0.1) is 11.3 Å². The maximum absolute atomic E-state index is 12.5. The van der Waals surface area contributed by atoms with Gasteiger partial charge in [0, 0.05) is 29.7 Å². The molecule has 0 radical (unpaired) electrons. The lowest BCUT2D eigenvalue weighted by Gasteiger charge is -2.27. The van der Waals surface area contributed by atoms with Gasteiger partial charge in [0.15, 0.2) is 0 Å². The highest BCUT2D eigenvalue weighted by Gasteiger charge is 2.17. The third-order valence-corrected chi connectivity index (χ3v) is 4.96. The molecule has 1 N–H and O–H groups in total. The van der Waals surface area contributed by atoms with Crippen molar-refractivity contribution in [1.82, 2.24) is 4.98 Å². The fourth-order valence-corrected chi connectivity index (χ4v) is 3.53. The van der Waals surface area contributed by atoms with Crippen LogP contribution in [0.3, 0.4) is 0 Å². The van der Waals surface area contributed by atoms with Crippen LogP contribution in [-0.4, -0.2) is 31.1 Å². The van der Waals surface area contributed by atoms with Crippen LogP contribution in [0.4, 0.5) is 11.4 Å². The minimum atomic E-state index is -0.220. The first-order valence-corrected chi connectivity index (χ1v) is 8.89. The fraction of sp³-hybridized carbons (Fsp3) is 0.158. The first-order valence-electron chi connectivity index (χ1n) is 8.01. The number of rotatable bonds is 3. The summed E-state index contributed by atoms with van der Waals surface area (Å²) in [5.41, 5.74) is 3.16. The number of nitrogens with zero attached hydrogens (tertiary/aromatic N) is 2. The number of aromatic nitrogens is 1. The molecule has 4 rings (SSSR count). The van der Waals surface area contributed by atoms with Crippen molar-refractivity contribution < 1.29 is 9.53 Å². The number of benzene rings is 2. The standard InChI is InChI=1S/C19H17N3O2S/c1-22-9-10-24-17-11-14(7-8-16(17)22)20-18(23)15-12-25-19(21-15)13-5-3-2-4-6-13/h2-8,11-12H,9-10H2,1H3,(H,20,23). The van der Waals surface area contributed by atoms with E-state index < -0.39 is 0 Å². The van der Waals surface area contributed by atoms with E-state index in [9.17, 15) is 4.79 Å². The topological polar surface area (TPSA) is 54.5 Å². The van der Waals surface area contributed by atoms with E-state index in [-0.39, 0.29) is 5.91 Å². The molecular formula is C19H17N3O2S. The lowest BCUT2D eigenvalue weighted by atomic mass is 10.2. The predicted molar refractivity (Wildman–Crippen MR) is 101 cm³/mol. The summed E-state index contributed by atoms with van der Waals surface area (Å²) in [7, 11) is 2.03. The molecule has 0 fully saturated rings. The Morgan fingerprint density at radius 2 is 2.08 bits per heavy atom. The van der Waals surface area contributed by atoms with Gasteiger partial charge in [0.2, 0.25) is 0 Å². The van der Waals surface area contributed by atoms with E-state index in [2.05, 4.69) is 15.2 Å². The molecular weight excluding hydrogens is 334 g/mol. The molecule has 1 aliphatic rings. The molecule has 0 aliphatic carbocycles. The summed E-state index contributed by atoms with van der Waals surface area (Å²) in [6.07, 6.45) is 0. The number of nitrogens with one attached hydrogen (secondary N) is 1. The second-order valence-electron chi connectivity index (χ2n) is 5.81. The number of ether oxygens (including phenoxy) is 1. The van der Waals surface area contributed by atoms with Gasteiger partial charge in [-0.25, -0.2) is 4.98 Å². The number of amides is 1. The molecule has 0 saturated carbocycles. The zero-order chi connectivity index (χ0) is 17.2. The molecule has 5 nitrogen and oxygen atoms in total. The van der Waals surface area contributed by atoms with E-state index in [1.807, 2.05) is 55.6 Å². The minimum Gasteiger partial charge on any atom is -0.489 e. The normalized spacial score (nSPS) is 13.1. The molecule has 1 amide bonds. The maximum Gasteiger partial charge on any atom is 0.275 e. The summed E-state index contributed by atoms with van der Waals surface area (Å²) in [6.45, 7) is 1.51. The smallest absolute Gasteiger partial charge is 0.275 e. The summed E-state index contributed by atoms with van der Waals surface area (Å²) in [5.74, 6) is 0.567. The fourth-order valence-electron chi connectivity index (χ4n) is 2.72.